The molecule has 1 atom stereocenters. The summed E-state index contributed by atoms with van der Waals surface area (Å²) in [6.07, 6.45) is 0.315. The van der Waals surface area contributed by atoms with E-state index in [2.05, 4.69) is 36.4 Å². The molecule has 1 N–H and O–H groups in total. The highest BCUT2D eigenvalue weighted by molar-refractivity contribution is 6.83. The number of nitrogens with one attached hydrogen (secondary N) is 1. The molecule has 1 aromatic carbocycles. The molecule has 0 aromatic heterocycles. The molecule has 0 aliphatic rings. The van der Waals surface area contributed by atoms with Gasteiger partial charge in [-0.3, -0.25) is 9.59 Å². The molecule has 1 amide bonds. The molecule has 0 aliphatic heterocycles. The molecule has 0 spiro atoms. The number of carbonyl (C=O) groups excluding carboxylic acids is 2. The maximum atomic E-state index is 12.3. The molecule has 0 fully saturated rings. The average molecular weight is 360 g/mol. The van der Waals surface area contributed by atoms with E-state index in [1.165, 1.54) is 0 Å². The highest BCUT2D eigenvalue weighted by Gasteiger charge is 2.21. The fourth-order valence-electron chi connectivity index (χ4n) is 2.02. The minimum atomic E-state index is -1.61. The quantitative estimate of drug-likeness (QED) is 0.498. The SMILES string of the molecule is CC(C)(C)OC(=O)CC(C#C[Si](C)(C)C)NC(=O)Cc1ccccc1. The van der Waals surface area contributed by atoms with Crippen molar-refractivity contribution in [2.75, 3.05) is 0 Å². The topological polar surface area (TPSA) is 55.4 Å². The van der Waals surface area contributed by atoms with Gasteiger partial charge in [-0.15, -0.1) is 5.54 Å². The van der Waals surface area contributed by atoms with Gasteiger partial charge in [0.1, 0.15) is 19.7 Å². The molecule has 1 unspecified atom stereocenters. The van der Waals surface area contributed by atoms with Crippen LogP contribution in [0.3, 0.4) is 0 Å². The summed E-state index contributed by atoms with van der Waals surface area (Å²) in [4.78, 5) is 24.4. The van der Waals surface area contributed by atoms with E-state index in [-0.39, 0.29) is 24.7 Å². The third kappa shape index (κ3) is 10.4. The minimum Gasteiger partial charge on any atom is -0.460 e. The summed E-state index contributed by atoms with van der Waals surface area (Å²) in [6.45, 7) is 11.8. The van der Waals surface area contributed by atoms with Crippen LogP contribution >= 0.6 is 0 Å². The minimum absolute atomic E-state index is 0.0509. The highest BCUT2D eigenvalue weighted by atomic mass is 28.3. The lowest BCUT2D eigenvalue weighted by molar-refractivity contribution is -0.155. The van der Waals surface area contributed by atoms with E-state index in [0.717, 1.165) is 5.56 Å². The van der Waals surface area contributed by atoms with Crippen LogP contribution in [-0.2, 0) is 20.7 Å². The fraction of sp³-hybridized carbons (Fsp3) is 0.500. The summed E-state index contributed by atoms with van der Waals surface area (Å²) in [7, 11) is -1.61. The zero-order valence-corrected chi connectivity index (χ0v) is 17.1. The van der Waals surface area contributed by atoms with Crippen molar-refractivity contribution in [3.05, 3.63) is 35.9 Å². The normalized spacial score (nSPS) is 12.6. The van der Waals surface area contributed by atoms with Crippen LogP contribution in [0, 0.1) is 11.5 Å². The summed E-state index contributed by atoms with van der Waals surface area (Å²) in [5.41, 5.74) is 3.60. The summed E-state index contributed by atoms with van der Waals surface area (Å²) >= 11 is 0. The van der Waals surface area contributed by atoms with Crippen LogP contribution in [0.25, 0.3) is 0 Å². The Bertz CT molecular complexity index is 645. The molecule has 25 heavy (non-hydrogen) atoms. The number of rotatable bonds is 5. The molecule has 0 saturated carbocycles. The molecule has 136 valence electrons. The maximum absolute atomic E-state index is 12.3. The summed E-state index contributed by atoms with van der Waals surface area (Å²) in [6, 6.07) is 8.97. The summed E-state index contributed by atoms with van der Waals surface area (Å²) in [5.74, 6) is 2.56. The second-order valence-electron chi connectivity index (χ2n) is 8.09. The van der Waals surface area contributed by atoms with E-state index in [1.807, 2.05) is 51.1 Å². The smallest absolute Gasteiger partial charge is 0.309 e. The highest BCUT2D eigenvalue weighted by Crippen LogP contribution is 2.10. The van der Waals surface area contributed by atoms with Crippen LogP contribution in [-0.4, -0.2) is 31.6 Å². The monoisotopic (exact) mass is 359 g/mol. The van der Waals surface area contributed by atoms with Gasteiger partial charge in [-0.1, -0.05) is 55.9 Å². The van der Waals surface area contributed by atoms with Crippen molar-refractivity contribution in [1.82, 2.24) is 5.32 Å². The van der Waals surface area contributed by atoms with Crippen molar-refractivity contribution in [2.45, 2.75) is 64.9 Å². The zero-order chi connectivity index (χ0) is 19.1. The third-order valence-electron chi connectivity index (χ3n) is 2.95. The van der Waals surface area contributed by atoms with Gasteiger partial charge >= 0.3 is 5.97 Å². The Morgan fingerprint density at radius 2 is 1.76 bits per heavy atom. The number of amides is 1. The van der Waals surface area contributed by atoms with Crippen molar-refractivity contribution in [3.8, 4) is 11.5 Å². The van der Waals surface area contributed by atoms with Gasteiger partial charge in [0, 0.05) is 0 Å². The molecule has 5 heteroatoms. The first-order valence-electron chi connectivity index (χ1n) is 8.52. The lowest BCUT2D eigenvalue weighted by Gasteiger charge is -2.21. The molecule has 0 aliphatic carbocycles. The Hall–Kier alpha value is -2.06. The number of esters is 1. The lowest BCUT2D eigenvalue weighted by Crippen LogP contribution is -2.38. The Kier molecular flexibility index (Phi) is 7.44. The Morgan fingerprint density at radius 1 is 1.16 bits per heavy atom. The predicted molar refractivity (Wildman–Crippen MR) is 104 cm³/mol. The summed E-state index contributed by atoms with van der Waals surface area (Å²) < 4.78 is 5.35. The van der Waals surface area contributed by atoms with Crippen molar-refractivity contribution in [2.24, 2.45) is 0 Å². The van der Waals surface area contributed by atoms with Gasteiger partial charge in [0.25, 0.3) is 0 Å². The number of hydrogen-bond donors (Lipinski definition) is 1. The first kappa shape index (κ1) is 21.0. The van der Waals surface area contributed by atoms with Gasteiger partial charge in [0.2, 0.25) is 5.91 Å². The standard InChI is InChI=1S/C20H29NO3Si/c1-20(2,3)24-19(23)15-17(12-13-25(4,5)6)21-18(22)14-16-10-8-7-9-11-16/h7-11,17H,14-15H2,1-6H3,(H,21,22). The third-order valence-corrected chi connectivity index (χ3v) is 3.85. The predicted octanol–water partition coefficient (Wildman–Crippen LogP) is 3.33. The van der Waals surface area contributed by atoms with E-state index in [1.54, 1.807) is 0 Å². The molecule has 4 nitrogen and oxygen atoms in total. The Balaban J connectivity index is 2.78. The summed E-state index contributed by atoms with van der Waals surface area (Å²) in [5, 5.41) is 2.86. The van der Waals surface area contributed by atoms with Crippen LogP contribution in [0.4, 0.5) is 0 Å². The van der Waals surface area contributed by atoms with Crippen LogP contribution in [0.2, 0.25) is 19.6 Å². The number of hydrogen-bond acceptors (Lipinski definition) is 3. The van der Waals surface area contributed by atoms with Crippen LogP contribution in [0.5, 0.6) is 0 Å². The van der Waals surface area contributed by atoms with E-state index in [4.69, 9.17) is 4.74 Å². The zero-order valence-electron chi connectivity index (χ0n) is 16.1. The van der Waals surface area contributed by atoms with E-state index < -0.39 is 19.7 Å². The molecule has 0 bridgehead atoms. The Morgan fingerprint density at radius 3 is 2.28 bits per heavy atom. The van der Waals surface area contributed by atoms with Crippen molar-refractivity contribution < 1.29 is 14.3 Å². The van der Waals surface area contributed by atoms with Crippen LogP contribution in [0.15, 0.2) is 30.3 Å². The van der Waals surface area contributed by atoms with Gasteiger partial charge in [-0.2, -0.15) is 0 Å². The van der Waals surface area contributed by atoms with Gasteiger partial charge in [0.15, 0.2) is 0 Å². The van der Waals surface area contributed by atoms with Crippen molar-refractivity contribution in [3.63, 3.8) is 0 Å². The van der Waals surface area contributed by atoms with Gasteiger partial charge in [0.05, 0.1) is 12.8 Å². The molecule has 0 heterocycles. The average Bonchev–Trinajstić information content (AvgIpc) is 2.43. The first-order chi connectivity index (χ1) is 11.4. The van der Waals surface area contributed by atoms with Gasteiger partial charge < -0.3 is 10.1 Å². The van der Waals surface area contributed by atoms with E-state index in [0.29, 0.717) is 0 Å². The number of carbonyl (C=O) groups is 2. The van der Waals surface area contributed by atoms with E-state index >= 15 is 0 Å². The van der Waals surface area contributed by atoms with Crippen molar-refractivity contribution >= 4 is 20.0 Å². The second-order valence-corrected chi connectivity index (χ2v) is 12.8. The van der Waals surface area contributed by atoms with Crippen LogP contribution in [0.1, 0.15) is 32.8 Å². The Labute approximate surface area is 152 Å². The largest absolute Gasteiger partial charge is 0.460 e. The van der Waals surface area contributed by atoms with Crippen LogP contribution < -0.4 is 5.32 Å². The molecule has 0 radical (unpaired) electrons. The number of benzene rings is 1. The van der Waals surface area contributed by atoms with Gasteiger partial charge in [-0.25, -0.2) is 0 Å². The molecule has 0 saturated heterocycles. The lowest BCUT2D eigenvalue weighted by atomic mass is 10.1. The second kappa shape index (κ2) is 8.86. The number of ether oxygens (including phenoxy) is 1. The molecule has 1 aromatic rings. The molecule has 1 rings (SSSR count). The first-order valence-corrected chi connectivity index (χ1v) is 12.0. The van der Waals surface area contributed by atoms with E-state index in [9.17, 15) is 9.59 Å². The molecular formula is C20H29NO3Si. The maximum Gasteiger partial charge on any atom is 0.309 e. The van der Waals surface area contributed by atoms with Gasteiger partial charge in [-0.05, 0) is 26.3 Å². The van der Waals surface area contributed by atoms with Crippen molar-refractivity contribution in [1.29, 1.82) is 0 Å². The fourth-order valence-corrected chi connectivity index (χ4v) is 2.63. The molecular weight excluding hydrogens is 330 g/mol.